The molecule has 3 saturated heterocycles. The molecule has 0 N–H and O–H groups in total. The first-order valence-electron chi connectivity index (χ1n) is 9.50. The van der Waals surface area contributed by atoms with Gasteiger partial charge in [0.2, 0.25) is 0 Å². The summed E-state index contributed by atoms with van der Waals surface area (Å²) < 4.78 is 0. The predicted molar refractivity (Wildman–Crippen MR) is 83.1 cm³/mol. The molecule has 0 amide bonds. The quantitative estimate of drug-likeness (QED) is 0.640. The number of Topliss-reactive ketones (excluding diaryl/α,β-unsaturated/α-hetero) is 1. The van der Waals surface area contributed by atoms with E-state index in [0.29, 0.717) is 34.0 Å². The zero-order valence-corrected chi connectivity index (χ0v) is 13.5. The number of piperidine rings is 2. The third-order valence-corrected chi connectivity index (χ3v) is 9.99. The first-order chi connectivity index (χ1) is 10.5. The van der Waals surface area contributed by atoms with Gasteiger partial charge in [0.25, 0.3) is 0 Å². The second-order valence-electron chi connectivity index (χ2n) is 10.3. The highest BCUT2D eigenvalue weighted by Crippen LogP contribution is 2.86. The van der Waals surface area contributed by atoms with Gasteiger partial charge in [-0.15, -0.1) is 0 Å². The van der Waals surface area contributed by atoms with E-state index < -0.39 is 0 Å². The van der Waals surface area contributed by atoms with Crippen molar-refractivity contribution in [2.75, 3.05) is 6.54 Å². The molecule has 116 valence electrons. The lowest BCUT2D eigenvalue weighted by atomic mass is 9.41. The second-order valence-corrected chi connectivity index (χ2v) is 10.3. The summed E-state index contributed by atoms with van der Waals surface area (Å²) in [7, 11) is 0. The molecular weight excluding hydrogens is 270 g/mol. The number of allylic oxidation sites excluding steroid dienone is 1. The molecule has 10 atom stereocenters. The summed E-state index contributed by atoms with van der Waals surface area (Å²) in [5.74, 6) is 3.02. The van der Waals surface area contributed by atoms with Gasteiger partial charge in [0, 0.05) is 30.5 Å². The maximum atomic E-state index is 13.3. The molecule has 2 heteroatoms. The number of rotatable bonds is 0. The van der Waals surface area contributed by atoms with Crippen molar-refractivity contribution >= 4 is 5.78 Å². The fraction of sp³-hybridized carbons (Fsp3) is 0.850. The molecule has 2 spiro atoms. The molecule has 0 aromatic carbocycles. The zero-order chi connectivity index (χ0) is 14.6. The summed E-state index contributed by atoms with van der Waals surface area (Å²) in [5.41, 5.74) is 2.76. The summed E-state index contributed by atoms with van der Waals surface area (Å²) in [4.78, 5) is 16.1. The molecule has 6 saturated carbocycles. The Hall–Kier alpha value is -0.630. The predicted octanol–water partition coefficient (Wildman–Crippen LogP) is 3.03. The summed E-state index contributed by atoms with van der Waals surface area (Å²) in [6.45, 7) is 8.22. The zero-order valence-electron chi connectivity index (χ0n) is 13.5. The molecule has 3 unspecified atom stereocenters. The third kappa shape index (κ3) is 0.800. The van der Waals surface area contributed by atoms with Crippen LogP contribution in [-0.2, 0) is 4.79 Å². The average Bonchev–Trinajstić information content (AvgIpc) is 2.88. The summed E-state index contributed by atoms with van der Waals surface area (Å²) in [6.07, 6.45) is 8.00. The molecular formula is C20H25NO. The van der Waals surface area contributed by atoms with Crippen LogP contribution >= 0.6 is 0 Å². The molecule has 0 aromatic heterocycles. The van der Waals surface area contributed by atoms with Crippen molar-refractivity contribution in [3.63, 3.8) is 0 Å². The first kappa shape index (κ1) is 11.8. The van der Waals surface area contributed by atoms with Gasteiger partial charge < -0.3 is 0 Å². The van der Waals surface area contributed by atoms with Gasteiger partial charge >= 0.3 is 0 Å². The third-order valence-electron chi connectivity index (χ3n) is 9.99. The van der Waals surface area contributed by atoms with Crippen LogP contribution in [0, 0.1) is 39.9 Å². The number of carbonyl (C=O) groups excluding carboxylic acids is 1. The normalized spacial score (nSPS) is 71.8. The van der Waals surface area contributed by atoms with Crippen LogP contribution in [0.4, 0.5) is 0 Å². The Kier molecular flexibility index (Phi) is 1.56. The number of hydrogen-bond acceptors (Lipinski definition) is 2. The topological polar surface area (TPSA) is 20.3 Å². The van der Waals surface area contributed by atoms with Crippen LogP contribution in [0.2, 0.25) is 0 Å². The molecule has 9 bridgehead atoms. The summed E-state index contributed by atoms with van der Waals surface area (Å²) in [5, 5.41) is 0. The molecule has 9 rings (SSSR count). The fourth-order valence-electron chi connectivity index (χ4n) is 10.2. The van der Waals surface area contributed by atoms with Crippen LogP contribution in [0.1, 0.15) is 45.4 Å². The Bertz CT molecular complexity index is 683. The van der Waals surface area contributed by atoms with Crippen LogP contribution in [-0.4, -0.2) is 29.3 Å². The van der Waals surface area contributed by atoms with Gasteiger partial charge in [0.1, 0.15) is 5.78 Å². The molecule has 3 aliphatic heterocycles. The van der Waals surface area contributed by atoms with Crippen LogP contribution in [0.5, 0.6) is 0 Å². The largest absolute Gasteiger partial charge is 0.299 e. The molecule has 2 nitrogen and oxygen atoms in total. The van der Waals surface area contributed by atoms with E-state index in [4.69, 9.17) is 0 Å². The Balaban J connectivity index is 1.55. The van der Waals surface area contributed by atoms with E-state index in [1.165, 1.54) is 50.6 Å². The van der Waals surface area contributed by atoms with Gasteiger partial charge in [-0.05, 0) is 60.2 Å². The number of carbonyl (C=O) groups is 1. The van der Waals surface area contributed by atoms with E-state index in [2.05, 4.69) is 18.4 Å². The second kappa shape index (κ2) is 2.90. The van der Waals surface area contributed by atoms with Crippen LogP contribution < -0.4 is 0 Å². The van der Waals surface area contributed by atoms with Gasteiger partial charge in [-0.25, -0.2) is 0 Å². The highest BCUT2D eigenvalue weighted by Gasteiger charge is 2.88. The molecule has 3 heterocycles. The van der Waals surface area contributed by atoms with E-state index in [1.807, 2.05) is 0 Å². The minimum atomic E-state index is 0.238. The van der Waals surface area contributed by atoms with E-state index in [0.717, 1.165) is 17.9 Å². The number of ketones is 1. The maximum Gasteiger partial charge on any atom is 0.145 e. The molecule has 9 aliphatic rings. The van der Waals surface area contributed by atoms with E-state index in [-0.39, 0.29) is 5.92 Å². The number of hydrogen-bond donors (Lipinski definition) is 0. The van der Waals surface area contributed by atoms with Crippen molar-refractivity contribution in [3.8, 4) is 0 Å². The first-order valence-corrected chi connectivity index (χ1v) is 9.50. The van der Waals surface area contributed by atoms with E-state index in [1.54, 1.807) is 0 Å². The molecule has 22 heavy (non-hydrogen) atoms. The van der Waals surface area contributed by atoms with Gasteiger partial charge in [-0.1, -0.05) is 25.5 Å². The lowest BCUT2D eigenvalue weighted by Gasteiger charge is -2.62. The number of fused-ring (bicyclic) bond motifs is 1. The van der Waals surface area contributed by atoms with Crippen LogP contribution in [0.3, 0.4) is 0 Å². The number of nitrogens with zero attached hydrogens (tertiary/aromatic N) is 1. The molecule has 6 aliphatic carbocycles. The average molecular weight is 295 g/mol. The standard InChI is InChI=1S/C20H25NO/c1-10-7-19-8-12-16-18(2)4-3-5-20(16)13(19)6-11(10)15(22)14(19)17(20)21(12)9-18/h11-14,16-17H,1,3-9H2,2H3/t11-,12-,13+,14+,16+,17?,18-,19?,20+/m0/s1. The van der Waals surface area contributed by atoms with Crippen molar-refractivity contribution in [1.82, 2.24) is 4.90 Å². The minimum absolute atomic E-state index is 0.238. The van der Waals surface area contributed by atoms with Crippen LogP contribution in [0.15, 0.2) is 12.2 Å². The van der Waals surface area contributed by atoms with E-state index in [9.17, 15) is 4.79 Å². The SMILES string of the molecule is C=C1CC23C[C@H]4[C@@H]5[C@@]6(C)CCC[C@]57C([C@H]2C(=O)[C@H]1C[C@H]37)N4C6. The van der Waals surface area contributed by atoms with Crippen molar-refractivity contribution in [2.24, 2.45) is 39.9 Å². The van der Waals surface area contributed by atoms with Crippen LogP contribution in [0.25, 0.3) is 0 Å². The highest BCUT2D eigenvalue weighted by atomic mass is 16.1. The Morgan fingerprint density at radius 2 is 2.18 bits per heavy atom. The summed E-state index contributed by atoms with van der Waals surface area (Å²) in [6, 6.07) is 1.46. The lowest BCUT2D eigenvalue weighted by Crippen LogP contribution is -2.61. The Labute approximate surface area is 132 Å². The maximum absolute atomic E-state index is 13.3. The Morgan fingerprint density at radius 3 is 3.05 bits per heavy atom. The van der Waals surface area contributed by atoms with Crippen molar-refractivity contribution < 1.29 is 4.79 Å². The van der Waals surface area contributed by atoms with Crippen molar-refractivity contribution in [2.45, 2.75) is 57.5 Å². The van der Waals surface area contributed by atoms with Crippen molar-refractivity contribution in [1.29, 1.82) is 0 Å². The Morgan fingerprint density at radius 1 is 1.32 bits per heavy atom. The molecule has 0 aromatic rings. The fourth-order valence-corrected chi connectivity index (χ4v) is 10.2. The molecule has 0 radical (unpaired) electrons. The minimum Gasteiger partial charge on any atom is -0.299 e. The highest BCUT2D eigenvalue weighted by molar-refractivity contribution is 5.91. The lowest BCUT2D eigenvalue weighted by molar-refractivity contribution is -0.152. The van der Waals surface area contributed by atoms with Gasteiger partial charge in [0.15, 0.2) is 0 Å². The van der Waals surface area contributed by atoms with E-state index >= 15 is 0 Å². The smallest absolute Gasteiger partial charge is 0.145 e. The summed E-state index contributed by atoms with van der Waals surface area (Å²) >= 11 is 0. The monoisotopic (exact) mass is 295 g/mol. The van der Waals surface area contributed by atoms with Crippen molar-refractivity contribution in [3.05, 3.63) is 12.2 Å². The molecule has 9 fully saturated rings. The van der Waals surface area contributed by atoms with Gasteiger partial charge in [-0.2, -0.15) is 0 Å². The van der Waals surface area contributed by atoms with Gasteiger partial charge in [-0.3, -0.25) is 9.69 Å². The van der Waals surface area contributed by atoms with Gasteiger partial charge in [0.05, 0.1) is 0 Å².